The highest BCUT2D eigenvalue weighted by Crippen LogP contribution is 2.21. The van der Waals surface area contributed by atoms with Gasteiger partial charge in [-0.1, -0.05) is 22.4 Å². The number of carbonyl (C=O) groups excluding carboxylic acids is 1. The first-order valence-electron chi connectivity index (χ1n) is 7.23. The van der Waals surface area contributed by atoms with Crippen LogP contribution >= 0.6 is 0 Å². The van der Waals surface area contributed by atoms with E-state index in [9.17, 15) is 4.79 Å². The number of hydrogen-bond donors (Lipinski definition) is 1. The highest BCUT2D eigenvalue weighted by Gasteiger charge is 2.18. The molecule has 0 saturated carbocycles. The third-order valence-electron chi connectivity index (χ3n) is 3.66. The van der Waals surface area contributed by atoms with Gasteiger partial charge in [0.05, 0.1) is 25.3 Å². The Kier molecular flexibility index (Phi) is 4.34. The van der Waals surface area contributed by atoms with Crippen molar-refractivity contribution in [3.63, 3.8) is 0 Å². The zero-order valence-corrected chi connectivity index (χ0v) is 12.4. The number of amides is 1. The third kappa shape index (κ3) is 3.09. The van der Waals surface area contributed by atoms with Crippen molar-refractivity contribution in [3.05, 3.63) is 41.2 Å². The summed E-state index contributed by atoms with van der Waals surface area (Å²) in [6.45, 7) is 5.03. The molecule has 7 heteroatoms. The highest BCUT2D eigenvalue weighted by atomic mass is 16.6. The molecule has 2 heterocycles. The topological polar surface area (TPSA) is 80.5 Å². The first-order valence-corrected chi connectivity index (χ1v) is 7.23. The fourth-order valence-corrected chi connectivity index (χ4v) is 2.41. The molecule has 0 bridgehead atoms. The molecule has 22 heavy (non-hydrogen) atoms. The van der Waals surface area contributed by atoms with Crippen LogP contribution in [0.4, 0.5) is 5.69 Å². The van der Waals surface area contributed by atoms with Crippen molar-refractivity contribution in [1.29, 1.82) is 0 Å². The second-order valence-electron chi connectivity index (χ2n) is 5.10. The van der Waals surface area contributed by atoms with Gasteiger partial charge in [-0.3, -0.25) is 4.79 Å². The van der Waals surface area contributed by atoms with Crippen LogP contribution < -0.4 is 10.2 Å². The summed E-state index contributed by atoms with van der Waals surface area (Å²) in [5.41, 5.74) is 2.90. The zero-order valence-electron chi connectivity index (χ0n) is 12.4. The molecule has 0 spiro atoms. The normalized spacial score (nSPS) is 14.9. The number of nitrogens with zero attached hydrogens (tertiary/aromatic N) is 3. The first-order chi connectivity index (χ1) is 10.8. The van der Waals surface area contributed by atoms with Gasteiger partial charge in [0.2, 0.25) is 0 Å². The summed E-state index contributed by atoms with van der Waals surface area (Å²) in [6.07, 6.45) is 0. The Morgan fingerprint density at radius 2 is 2.05 bits per heavy atom. The number of para-hydroxylation sites is 1. The van der Waals surface area contributed by atoms with Gasteiger partial charge >= 0.3 is 0 Å². The Labute approximate surface area is 128 Å². The molecule has 1 fully saturated rings. The number of anilines is 1. The summed E-state index contributed by atoms with van der Waals surface area (Å²) < 4.78 is 9.99. The van der Waals surface area contributed by atoms with Gasteiger partial charge in [0, 0.05) is 18.8 Å². The number of aryl methyl sites for hydroxylation is 1. The number of rotatable bonds is 4. The minimum Gasteiger partial charge on any atom is -0.378 e. The molecule has 1 amide bonds. The van der Waals surface area contributed by atoms with Gasteiger partial charge in [-0.15, -0.1) is 0 Å². The second kappa shape index (κ2) is 6.57. The van der Waals surface area contributed by atoms with E-state index in [0.717, 1.165) is 18.8 Å². The van der Waals surface area contributed by atoms with Crippen molar-refractivity contribution in [2.24, 2.45) is 0 Å². The maximum atomic E-state index is 12.5. The van der Waals surface area contributed by atoms with Crippen LogP contribution in [0.3, 0.4) is 0 Å². The minimum absolute atomic E-state index is 0.135. The zero-order chi connectivity index (χ0) is 15.4. The van der Waals surface area contributed by atoms with Crippen molar-refractivity contribution in [2.75, 3.05) is 31.2 Å². The molecular weight excluding hydrogens is 284 g/mol. The number of ether oxygens (including phenoxy) is 1. The highest BCUT2D eigenvalue weighted by molar-refractivity contribution is 5.99. The first kappa shape index (κ1) is 14.5. The van der Waals surface area contributed by atoms with E-state index >= 15 is 0 Å². The summed E-state index contributed by atoms with van der Waals surface area (Å²) in [5.74, 6) is -0.135. The van der Waals surface area contributed by atoms with Gasteiger partial charge in [0.1, 0.15) is 11.4 Å². The van der Waals surface area contributed by atoms with Gasteiger partial charge in [-0.25, -0.2) is 4.63 Å². The van der Waals surface area contributed by atoms with Crippen LogP contribution in [-0.4, -0.2) is 42.5 Å². The average Bonchev–Trinajstić information content (AvgIpc) is 2.98. The molecule has 1 aromatic heterocycles. The Bertz CT molecular complexity index is 650. The molecule has 1 aliphatic heterocycles. The second-order valence-corrected chi connectivity index (χ2v) is 5.10. The van der Waals surface area contributed by atoms with E-state index in [2.05, 4.69) is 25.2 Å². The molecule has 0 aliphatic carbocycles. The van der Waals surface area contributed by atoms with Gasteiger partial charge in [0.15, 0.2) is 0 Å². The summed E-state index contributed by atoms with van der Waals surface area (Å²) in [5, 5.41) is 10.3. The summed E-state index contributed by atoms with van der Waals surface area (Å²) in [7, 11) is 0. The molecule has 3 rings (SSSR count). The largest absolute Gasteiger partial charge is 0.378 e. The van der Waals surface area contributed by atoms with Crippen molar-refractivity contribution >= 4 is 11.6 Å². The number of morpholine rings is 1. The number of hydrogen-bond acceptors (Lipinski definition) is 6. The fourth-order valence-electron chi connectivity index (χ4n) is 2.41. The number of benzene rings is 1. The number of aromatic nitrogens is 2. The molecule has 1 N–H and O–H groups in total. The molecule has 2 aromatic rings. The van der Waals surface area contributed by atoms with Gasteiger partial charge in [0.25, 0.3) is 5.91 Å². The van der Waals surface area contributed by atoms with Gasteiger partial charge in [-0.2, -0.15) is 0 Å². The molecule has 116 valence electrons. The fraction of sp³-hybridized carbons (Fsp3) is 0.400. The average molecular weight is 302 g/mol. The van der Waals surface area contributed by atoms with Gasteiger partial charge < -0.3 is 15.0 Å². The van der Waals surface area contributed by atoms with Crippen molar-refractivity contribution in [3.8, 4) is 0 Å². The van der Waals surface area contributed by atoms with Crippen molar-refractivity contribution in [1.82, 2.24) is 15.6 Å². The predicted octanol–water partition coefficient (Wildman–Crippen LogP) is 1.14. The van der Waals surface area contributed by atoms with E-state index in [0.29, 0.717) is 36.7 Å². The molecule has 7 nitrogen and oxygen atoms in total. The third-order valence-corrected chi connectivity index (χ3v) is 3.66. The predicted molar refractivity (Wildman–Crippen MR) is 79.7 cm³/mol. The van der Waals surface area contributed by atoms with Crippen LogP contribution in [0.25, 0.3) is 0 Å². The SMILES string of the molecule is Cc1nonc1CNC(=O)c1ccccc1N1CCOCC1. The lowest BCUT2D eigenvalue weighted by atomic mass is 10.1. The molecule has 1 aliphatic rings. The maximum Gasteiger partial charge on any atom is 0.253 e. The van der Waals surface area contributed by atoms with Gasteiger partial charge in [-0.05, 0) is 19.1 Å². The minimum atomic E-state index is -0.135. The molecule has 1 aromatic carbocycles. The number of carbonyl (C=O) groups is 1. The van der Waals surface area contributed by atoms with Crippen LogP contribution in [0, 0.1) is 6.92 Å². The van der Waals surface area contributed by atoms with Crippen LogP contribution in [-0.2, 0) is 11.3 Å². The van der Waals surface area contributed by atoms with E-state index in [4.69, 9.17) is 4.74 Å². The quantitative estimate of drug-likeness (QED) is 0.912. The van der Waals surface area contributed by atoms with Crippen LogP contribution in [0.15, 0.2) is 28.9 Å². The smallest absolute Gasteiger partial charge is 0.253 e. The Hall–Kier alpha value is -2.41. The van der Waals surface area contributed by atoms with E-state index < -0.39 is 0 Å². The van der Waals surface area contributed by atoms with E-state index in [1.54, 1.807) is 6.92 Å². The molecular formula is C15H18N4O3. The Morgan fingerprint density at radius 3 is 2.77 bits per heavy atom. The molecule has 1 saturated heterocycles. The lowest BCUT2D eigenvalue weighted by Crippen LogP contribution is -2.37. The van der Waals surface area contributed by atoms with Crippen LogP contribution in [0.5, 0.6) is 0 Å². The van der Waals surface area contributed by atoms with Crippen molar-refractivity contribution in [2.45, 2.75) is 13.5 Å². The van der Waals surface area contributed by atoms with Crippen LogP contribution in [0.1, 0.15) is 21.7 Å². The Morgan fingerprint density at radius 1 is 1.27 bits per heavy atom. The monoisotopic (exact) mass is 302 g/mol. The maximum absolute atomic E-state index is 12.5. The standard InChI is InChI=1S/C15H18N4O3/c1-11-13(18-22-17-11)10-16-15(20)12-4-2-3-5-14(12)19-6-8-21-9-7-19/h2-5H,6-10H2,1H3,(H,16,20). The van der Waals surface area contributed by atoms with E-state index in [1.807, 2.05) is 24.3 Å². The summed E-state index contributed by atoms with van der Waals surface area (Å²) in [4.78, 5) is 14.6. The lowest BCUT2D eigenvalue weighted by Gasteiger charge is -2.30. The summed E-state index contributed by atoms with van der Waals surface area (Å²) >= 11 is 0. The summed E-state index contributed by atoms with van der Waals surface area (Å²) in [6, 6.07) is 7.59. The molecule has 0 unspecified atom stereocenters. The van der Waals surface area contributed by atoms with Crippen LogP contribution in [0.2, 0.25) is 0 Å². The number of nitrogens with one attached hydrogen (secondary N) is 1. The van der Waals surface area contributed by atoms with E-state index in [1.165, 1.54) is 0 Å². The Balaban J connectivity index is 1.73. The van der Waals surface area contributed by atoms with Crippen molar-refractivity contribution < 1.29 is 14.2 Å². The lowest BCUT2D eigenvalue weighted by molar-refractivity contribution is 0.0948. The molecule has 0 atom stereocenters. The van der Waals surface area contributed by atoms with E-state index in [-0.39, 0.29) is 5.91 Å². The molecule has 0 radical (unpaired) electrons.